The minimum absolute atomic E-state index is 0.112. The Bertz CT molecular complexity index is 319. The lowest BCUT2D eigenvalue weighted by atomic mass is 9.68. The first-order valence-corrected chi connectivity index (χ1v) is 7.27. The van der Waals surface area contributed by atoms with Gasteiger partial charge in [0.1, 0.15) is 5.60 Å². The number of ether oxygens (including phenoxy) is 1. The third-order valence-corrected chi connectivity index (χ3v) is 4.38. The van der Waals surface area contributed by atoms with E-state index in [1.54, 1.807) is 0 Å². The molecule has 3 unspecified atom stereocenters. The SMILES string of the molecule is CC(C)C1CC2CCC1CN2C(=O)OC(C)(C)C. The summed E-state index contributed by atoms with van der Waals surface area (Å²) in [4.78, 5) is 14.2. The molecule has 2 bridgehead atoms. The molecule has 3 rings (SSSR count). The third kappa shape index (κ3) is 2.81. The topological polar surface area (TPSA) is 29.5 Å². The van der Waals surface area contributed by atoms with Crippen molar-refractivity contribution in [3.05, 3.63) is 0 Å². The summed E-state index contributed by atoms with van der Waals surface area (Å²) in [6.45, 7) is 11.3. The Balaban J connectivity index is 2.00. The highest BCUT2D eigenvalue weighted by Gasteiger charge is 2.44. The molecule has 0 radical (unpaired) electrons. The van der Waals surface area contributed by atoms with Gasteiger partial charge >= 0.3 is 6.09 Å². The molecule has 0 N–H and O–H groups in total. The number of hydrogen-bond acceptors (Lipinski definition) is 2. The van der Waals surface area contributed by atoms with Crippen molar-refractivity contribution < 1.29 is 9.53 Å². The molecule has 18 heavy (non-hydrogen) atoms. The van der Waals surface area contributed by atoms with Gasteiger partial charge in [-0.2, -0.15) is 0 Å². The molecule has 104 valence electrons. The van der Waals surface area contributed by atoms with Crippen LogP contribution >= 0.6 is 0 Å². The first kappa shape index (κ1) is 13.7. The number of amides is 1. The third-order valence-electron chi connectivity index (χ3n) is 4.38. The van der Waals surface area contributed by atoms with Crippen LogP contribution in [0.1, 0.15) is 53.9 Å². The summed E-state index contributed by atoms with van der Waals surface area (Å²) in [5.74, 6) is 2.21. The normalized spacial score (nSPS) is 31.9. The van der Waals surface area contributed by atoms with Gasteiger partial charge in [0.05, 0.1) is 0 Å². The molecular formula is C15H27NO2. The molecule has 2 saturated heterocycles. The van der Waals surface area contributed by atoms with Gasteiger partial charge in [-0.25, -0.2) is 4.79 Å². The number of carbonyl (C=O) groups excluding carboxylic acids is 1. The predicted octanol–water partition coefficient (Wildman–Crippen LogP) is 3.68. The summed E-state index contributed by atoms with van der Waals surface area (Å²) < 4.78 is 5.51. The predicted molar refractivity (Wildman–Crippen MR) is 72.4 cm³/mol. The van der Waals surface area contributed by atoms with Gasteiger partial charge in [-0.1, -0.05) is 13.8 Å². The zero-order chi connectivity index (χ0) is 13.5. The van der Waals surface area contributed by atoms with Crippen molar-refractivity contribution in [2.75, 3.05) is 6.54 Å². The number of rotatable bonds is 1. The zero-order valence-corrected chi connectivity index (χ0v) is 12.4. The lowest BCUT2D eigenvalue weighted by Crippen LogP contribution is -2.56. The first-order chi connectivity index (χ1) is 8.28. The molecule has 1 saturated carbocycles. The van der Waals surface area contributed by atoms with Gasteiger partial charge in [0.2, 0.25) is 0 Å². The van der Waals surface area contributed by atoms with Gasteiger partial charge in [-0.15, -0.1) is 0 Å². The molecule has 0 aromatic carbocycles. The summed E-state index contributed by atoms with van der Waals surface area (Å²) in [7, 11) is 0. The molecule has 3 atom stereocenters. The Morgan fingerprint density at radius 2 is 1.94 bits per heavy atom. The molecule has 1 amide bonds. The van der Waals surface area contributed by atoms with Crippen LogP contribution in [0.15, 0.2) is 0 Å². The van der Waals surface area contributed by atoms with Crippen LogP contribution in [0.3, 0.4) is 0 Å². The van der Waals surface area contributed by atoms with Crippen molar-refractivity contribution in [1.82, 2.24) is 4.90 Å². The van der Waals surface area contributed by atoms with Crippen molar-refractivity contribution in [3.8, 4) is 0 Å². The summed E-state index contributed by atoms with van der Waals surface area (Å²) in [6, 6.07) is 0.414. The minimum atomic E-state index is -0.384. The van der Waals surface area contributed by atoms with Crippen molar-refractivity contribution >= 4 is 6.09 Å². The molecule has 3 fully saturated rings. The molecule has 0 aromatic heterocycles. The summed E-state index contributed by atoms with van der Waals surface area (Å²) >= 11 is 0. The van der Waals surface area contributed by atoms with Crippen LogP contribution in [0.5, 0.6) is 0 Å². The van der Waals surface area contributed by atoms with E-state index < -0.39 is 0 Å². The Labute approximate surface area is 111 Å². The lowest BCUT2D eigenvalue weighted by Gasteiger charge is -2.50. The second kappa shape index (κ2) is 4.75. The maximum Gasteiger partial charge on any atom is 0.410 e. The Morgan fingerprint density at radius 3 is 2.39 bits per heavy atom. The largest absolute Gasteiger partial charge is 0.444 e. The Morgan fingerprint density at radius 1 is 1.28 bits per heavy atom. The number of piperidine rings is 2. The van der Waals surface area contributed by atoms with Crippen molar-refractivity contribution in [3.63, 3.8) is 0 Å². The molecule has 0 aromatic rings. The van der Waals surface area contributed by atoms with Crippen LogP contribution in [-0.2, 0) is 4.74 Å². The van der Waals surface area contributed by atoms with Crippen LogP contribution in [0.4, 0.5) is 4.79 Å². The maximum atomic E-state index is 12.2. The van der Waals surface area contributed by atoms with Gasteiger partial charge in [0.15, 0.2) is 0 Å². The van der Waals surface area contributed by atoms with Gasteiger partial charge in [-0.3, -0.25) is 0 Å². The number of hydrogen-bond donors (Lipinski definition) is 0. The van der Waals surface area contributed by atoms with E-state index >= 15 is 0 Å². The average Bonchev–Trinajstić information content (AvgIpc) is 2.27. The molecule has 3 nitrogen and oxygen atoms in total. The number of fused-ring (bicyclic) bond motifs is 3. The fourth-order valence-electron chi connectivity index (χ4n) is 3.52. The fraction of sp³-hybridized carbons (Fsp3) is 0.933. The Hall–Kier alpha value is -0.730. The van der Waals surface area contributed by atoms with Gasteiger partial charge in [0, 0.05) is 12.6 Å². The van der Waals surface area contributed by atoms with Crippen molar-refractivity contribution in [2.45, 2.75) is 65.5 Å². The highest BCUT2D eigenvalue weighted by Crippen LogP contribution is 2.43. The maximum absolute atomic E-state index is 12.2. The van der Waals surface area contributed by atoms with Crippen molar-refractivity contribution in [1.29, 1.82) is 0 Å². The van der Waals surface area contributed by atoms with Crippen LogP contribution in [0.25, 0.3) is 0 Å². The number of nitrogens with zero attached hydrogens (tertiary/aromatic N) is 1. The summed E-state index contributed by atoms with van der Waals surface area (Å²) in [6.07, 6.45) is 3.50. The highest BCUT2D eigenvalue weighted by atomic mass is 16.6. The van der Waals surface area contributed by atoms with Crippen molar-refractivity contribution in [2.24, 2.45) is 17.8 Å². The fourth-order valence-corrected chi connectivity index (χ4v) is 3.52. The van der Waals surface area contributed by atoms with E-state index in [-0.39, 0.29) is 11.7 Å². The van der Waals surface area contributed by atoms with E-state index in [0.29, 0.717) is 12.0 Å². The first-order valence-electron chi connectivity index (χ1n) is 7.27. The monoisotopic (exact) mass is 253 g/mol. The standard InChI is InChI=1S/C15H27NO2/c1-10(2)13-8-12-7-6-11(13)9-16(12)14(17)18-15(3,4)5/h10-13H,6-9H2,1-5H3. The second-order valence-corrected chi connectivity index (χ2v) is 7.27. The van der Waals surface area contributed by atoms with E-state index in [9.17, 15) is 4.79 Å². The second-order valence-electron chi connectivity index (χ2n) is 7.27. The molecule has 3 aliphatic rings. The van der Waals surface area contributed by atoms with Crippen LogP contribution < -0.4 is 0 Å². The highest BCUT2D eigenvalue weighted by molar-refractivity contribution is 5.69. The van der Waals surface area contributed by atoms with Crippen LogP contribution in [0.2, 0.25) is 0 Å². The quantitative estimate of drug-likeness (QED) is 0.713. The summed E-state index contributed by atoms with van der Waals surface area (Å²) in [5, 5.41) is 0. The van der Waals surface area contributed by atoms with E-state index in [1.165, 1.54) is 12.8 Å². The minimum Gasteiger partial charge on any atom is -0.444 e. The van der Waals surface area contributed by atoms with E-state index in [2.05, 4.69) is 13.8 Å². The molecule has 2 aliphatic heterocycles. The lowest BCUT2D eigenvalue weighted by molar-refractivity contribution is -0.0369. The molecule has 1 aliphatic carbocycles. The van der Waals surface area contributed by atoms with E-state index in [4.69, 9.17) is 4.74 Å². The summed E-state index contributed by atoms with van der Waals surface area (Å²) in [5.41, 5.74) is -0.384. The van der Waals surface area contributed by atoms with Gasteiger partial charge < -0.3 is 9.64 Å². The van der Waals surface area contributed by atoms with Gasteiger partial charge in [0.25, 0.3) is 0 Å². The van der Waals surface area contributed by atoms with Gasteiger partial charge in [-0.05, 0) is 57.8 Å². The van der Waals surface area contributed by atoms with Crippen LogP contribution in [0, 0.1) is 17.8 Å². The smallest absolute Gasteiger partial charge is 0.410 e. The molecule has 0 spiro atoms. The Kier molecular flexibility index (Phi) is 3.61. The zero-order valence-electron chi connectivity index (χ0n) is 12.4. The molecule has 3 heteroatoms. The van der Waals surface area contributed by atoms with E-state index in [1.807, 2.05) is 25.7 Å². The van der Waals surface area contributed by atoms with Crippen LogP contribution in [-0.4, -0.2) is 29.2 Å². The number of carbonyl (C=O) groups is 1. The molecular weight excluding hydrogens is 226 g/mol. The van der Waals surface area contributed by atoms with E-state index in [0.717, 1.165) is 24.8 Å². The molecule has 2 heterocycles. The average molecular weight is 253 g/mol.